The normalized spacial score (nSPS) is 10.4. The summed E-state index contributed by atoms with van der Waals surface area (Å²) in [6.45, 7) is 2.44. The SMILES string of the molecule is CCOc1ccc(NCS(=O)(=O)[O-])cc1.[Na+]. The summed E-state index contributed by atoms with van der Waals surface area (Å²) in [6.07, 6.45) is 0. The van der Waals surface area contributed by atoms with E-state index in [1.807, 2.05) is 6.92 Å². The second kappa shape index (κ2) is 7.13. The van der Waals surface area contributed by atoms with Crippen LogP contribution in [0, 0.1) is 0 Å². The standard InChI is InChI=1S/C9H13NO4S.Na/c1-2-14-9-5-3-8(4-6-9)10-7-15(11,12)13;/h3-6,10H,2,7H2,1H3,(H,11,12,13);/q;+1/p-1. The van der Waals surface area contributed by atoms with Gasteiger partial charge < -0.3 is 14.6 Å². The molecule has 1 N–H and O–H groups in total. The van der Waals surface area contributed by atoms with Gasteiger partial charge in [0.25, 0.3) is 0 Å². The van der Waals surface area contributed by atoms with Crippen molar-refractivity contribution >= 4 is 15.8 Å². The molecule has 0 fully saturated rings. The zero-order valence-corrected chi connectivity index (χ0v) is 12.1. The maximum Gasteiger partial charge on any atom is 1.00 e. The van der Waals surface area contributed by atoms with Crippen molar-refractivity contribution in [3.63, 3.8) is 0 Å². The number of benzene rings is 1. The van der Waals surface area contributed by atoms with Crippen LogP contribution in [0.3, 0.4) is 0 Å². The van der Waals surface area contributed by atoms with Gasteiger partial charge in [0.1, 0.15) is 21.7 Å². The average Bonchev–Trinajstić information content (AvgIpc) is 2.16. The smallest absolute Gasteiger partial charge is 0.747 e. The monoisotopic (exact) mass is 253 g/mol. The van der Waals surface area contributed by atoms with Gasteiger partial charge in [0.15, 0.2) is 0 Å². The van der Waals surface area contributed by atoms with Crippen molar-refractivity contribution in [2.24, 2.45) is 0 Å². The Balaban J connectivity index is 0.00000225. The quantitative estimate of drug-likeness (QED) is 0.485. The maximum atomic E-state index is 10.3. The van der Waals surface area contributed by atoms with E-state index in [1.165, 1.54) is 0 Å². The van der Waals surface area contributed by atoms with Crippen LogP contribution in [0.2, 0.25) is 0 Å². The van der Waals surface area contributed by atoms with Gasteiger partial charge in [-0.1, -0.05) is 0 Å². The van der Waals surface area contributed by atoms with Crippen LogP contribution >= 0.6 is 0 Å². The summed E-state index contributed by atoms with van der Waals surface area (Å²) in [5, 5.41) is 2.50. The van der Waals surface area contributed by atoms with E-state index in [2.05, 4.69) is 5.32 Å². The summed E-state index contributed by atoms with van der Waals surface area (Å²) in [6, 6.07) is 6.69. The van der Waals surface area contributed by atoms with Gasteiger partial charge in [-0.3, -0.25) is 0 Å². The first-order valence-electron chi connectivity index (χ1n) is 4.41. The van der Waals surface area contributed by atoms with Crippen LogP contribution in [-0.2, 0) is 10.1 Å². The molecule has 0 bridgehead atoms. The minimum Gasteiger partial charge on any atom is -0.747 e. The molecule has 0 spiro atoms. The molecule has 7 heteroatoms. The fourth-order valence-electron chi connectivity index (χ4n) is 1.01. The van der Waals surface area contributed by atoms with Crippen molar-refractivity contribution in [1.82, 2.24) is 0 Å². The average molecular weight is 253 g/mol. The first-order valence-corrected chi connectivity index (χ1v) is 5.99. The summed E-state index contributed by atoms with van der Waals surface area (Å²) in [7, 11) is -4.24. The van der Waals surface area contributed by atoms with Crippen LogP contribution < -0.4 is 39.6 Å². The van der Waals surface area contributed by atoms with Gasteiger partial charge >= 0.3 is 29.6 Å². The van der Waals surface area contributed by atoms with Gasteiger partial charge in [-0.25, -0.2) is 8.42 Å². The van der Waals surface area contributed by atoms with Crippen molar-refractivity contribution < 1.29 is 47.3 Å². The third-order valence-corrected chi connectivity index (χ3v) is 2.12. The number of nitrogens with one attached hydrogen (secondary N) is 1. The molecule has 16 heavy (non-hydrogen) atoms. The van der Waals surface area contributed by atoms with Crippen molar-refractivity contribution in [3.05, 3.63) is 24.3 Å². The minimum absolute atomic E-state index is 0. The van der Waals surface area contributed by atoms with Crippen LogP contribution in [0.4, 0.5) is 5.69 Å². The summed E-state index contributed by atoms with van der Waals surface area (Å²) in [5.74, 6) is 0.0917. The van der Waals surface area contributed by atoms with E-state index in [0.717, 1.165) is 0 Å². The minimum atomic E-state index is -4.24. The number of rotatable bonds is 5. The van der Waals surface area contributed by atoms with E-state index in [-0.39, 0.29) is 29.6 Å². The predicted molar refractivity (Wildman–Crippen MR) is 55.8 cm³/mol. The molecule has 5 nitrogen and oxygen atoms in total. The van der Waals surface area contributed by atoms with Gasteiger partial charge in [-0.15, -0.1) is 0 Å². The molecule has 0 aliphatic carbocycles. The van der Waals surface area contributed by atoms with Crippen LogP contribution in [0.25, 0.3) is 0 Å². The second-order valence-corrected chi connectivity index (χ2v) is 4.24. The Morgan fingerprint density at radius 2 is 1.88 bits per heavy atom. The first-order chi connectivity index (χ1) is 7.01. The largest absolute Gasteiger partial charge is 1.00 e. The molecule has 84 valence electrons. The fraction of sp³-hybridized carbons (Fsp3) is 0.333. The van der Waals surface area contributed by atoms with Crippen LogP contribution in [0.1, 0.15) is 6.92 Å². The molecule has 0 saturated carbocycles. The molecule has 0 radical (unpaired) electrons. The summed E-state index contributed by atoms with van der Waals surface area (Å²) in [4.78, 5) is 0. The van der Waals surface area contributed by atoms with Crippen LogP contribution in [0.5, 0.6) is 5.75 Å². The molecule has 0 aliphatic rings. The van der Waals surface area contributed by atoms with E-state index in [0.29, 0.717) is 18.0 Å². The van der Waals surface area contributed by atoms with E-state index >= 15 is 0 Å². The van der Waals surface area contributed by atoms with Crippen molar-refractivity contribution in [2.45, 2.75) is 6.92 Å². The molecule has 0 unspecified atom stereocenters. The topological polar surface area (TPSA) is 78.5 Å². The van der Waals surface area contributed by atoms with Crippen molar-refractivity contribution in [3.8, 4) is 5.75 Å². The van der Waals surface area contributed by atoms with E-state index < -0.39 is 16.0 Å². The van der Waals surface area contributed by atoms with Gasteiger partial charge in [0.05, 0.1) is 6.61 Å². The third-order valence-electron chi connectivity index (χ3n) is 1.62. The zero-order valence-electron chi connectivity index (χ0n) is 9.26. The summed E-state index contributed by atoms with van der Waals surface area (Å²) in [5.41, 5.74) is 0.567. The van der Waals surface area contributed by atoms with Gasteiger partial charge in [0.2, 0.25) is 0 Å². The molecule has 0 atom stereocenters. The third kappa shape index (κ3) is 6.34. The summed E-state index contributed by atoms with van der Waals surface area (Å²) < 4.78 is 36.2. The second-order valence-electron chi connectivity index (χ2n) is 2.84. The van der Waals surface area contributed by atoms with Gasteiger partial charge in [0, 0.05) is 5.69 Å². The number of anilines is 1. The molecule has 0 heterocycles. The fourth-order valence-corrected chi connectivity index (χ4v) is 1.35. The molecule has 1 aromatic rings. The van der Waals surface area contributed by atoms with Crippen LogP contribution in [0.15, 0.2) is 24.3 Å². The Morgan fingerprint density at radius 1 is 1.31 bits per heavy atom. The Kier molecular flexibility index (Phi) is 7.01. The number of ether oxygens (including phenoxy) is 1. The molecule has 1 aromatic carbocycles. The summed E-state index contributed by atoms with van der Waals surface area (Å²) >= 11 is 0. The Morgan fingerprint density at radius 3 is 2.31 bits per heavy atom. The van der Waals surface area contributed by atoms with Gasteiger partial charge in [-0.05, 0) is 31.2 Å². The molecular formula is C9H12NNaO4S. The number of hydrogen-bond acceptors (Lipinski definition) is 5. The zero-order chi connectivity index (χ0) is 11.3. The van der Waals surface area contributed by atoms with Crippen LogP contribution in [-0.4, -0.2) is 25.5 Å². The molecule has 0 aliphatic heterocycles. The van der Waals surface area contributed by atoms with E-state index in [4.69, 9.17) is 4.74 Å². The Bertz CT molecular complexity index is 404. The molecule has 0 amide bonds. The number of hydrogen-bond donors (Lipinski definition) is 1. The van der Waals surface area contributed by atoms with E-state index in [1.54, 1.807) is 24.3 Å². The van der Waals surface area contributed by atoms with Crippen molar-refractivity contribution in [1.29, 1.82) is 0 Å². The molecule has 1 rings (SSSR count). The Labute approximate surface area is 117 Å². The molecule has 0 aromatic heterocycles. The predicted octanol–water partition coefficient (Wildman–Crippen LogP) is -2.00. The molecular weight excluding hydrogens is 241 g/mol. The first kappa shape index (κ1) is 15.7. The maximum absolute atomic E-state index is 10.3. The van der Waals surface area contributed by atoms with Gasteiger partial charge in [-0.2, -0.15) is 0 Å². The van der Waals surface area contributed by atoms with Crippen molar-refractivity contribution in [2.75, 3.05) is 17.8 Å². The Hall–Kier alpha value is -0.270. The molecule has 0 saturated heterocycles. The van der Waals surface area contributed by atoms with E-state index in [9.17, 15) is 13.0 Å².